The number of rotatable bonds is 5. The summed E-state index contributed by atoms with van der Waals surface area (Å²) in [6, 6.07) is 5.80. The molecule has 1 unspecified atom stereocenters. The van der Waals surface area contributed by atoms with Crippen LogP contribution >= 0.6 is 0 Å². The van der Waals surface area contributed by atoms with Crippen molar-refractivity contribution >= 4 is 5.82 Å². The standard InChI is InChI=1S/C19H26N4O2/c1-19(2,3)18-21-14(13-24-4)11-17(22-18)23-10-7-16(12-23)25-15-5-8-20-9-6-15/h5-6,8-9,11,16H,7,10,12-13H2,1-4H3. The Morgan fingerprint density at radius 1 is 1.20 bits per heavy atom. The van der Waals surface area contributed by atoms with Crippen LogP contribution in [0.15, 0.2) is 30.6 Å². The molecule has 3 rings (SSSR count). The van der Waals surface area contributed by atoms with Gasteiger partial charge in [-0.3, -0.25) is 4.98 Å². The van der Waals surface area contributed by atoms with Gasteiger partial charge in [0.1, 0.15) is 23.5 Å². The molecule has 1 aliphatic heterocycles. The molecule has 1 saturated heterocycles. The average Bonchev–Trinajstić information content (AvgIpc) is 3.03. The molecule has 0 saturated carbocycles. The van der Waals surface area contributed by atoms with Crippen molar-refractivity contribution < 1.29 is 9.47 Å². The highest BCUT2D eigenvalue weighted by Gasteiger charge is 2.27. The number of hydrogen-bond acceptors (Lipinski definition) is 6. The second-order valence-corrected chi connectivity index (χ2v) is 7.38. The molecule has 6 nitrogen and oxygen atoms in total. The minimum atomic E-state index is -0.106. The van der Waals surface area contributed by atoms with Crippen molar-refractivity contribution in [2.45, 2.75) is 45.3 Å². The number of hydrogen-bond donors (Lipinski definition) is 0. The minimum Gasteiger partial charge on any atom is -0.488 e. The van der Waals surface area contributed by atoms with Gasteiger partial charge in [-0.1, -0.05) is 20.8 Å². The number of methoxy groups -OCH3 is 1. The molecule has 0 spiro atoms. The van der Waals surface area contributed by atoms with Gasteiger partial charge >= 0.3 is 0 Å². The number of anilines is 1. The van der Waals surface area contributed by atoms with Gasteiger partial charge in [0.2, 0.25) is 0 Å². The Balaban J connectivity index is 1.76. The predicted octanol–water partition coefficient (Wildman–Crippen LogP) is 2.97. The average molecular weight is 342 g/mol. The molecule has 2 aromatic heterocycles. The van der Waals surface area contributed by atoms with E-state index in [1.165, 1.54) is 0 Å². The van der Waals surface area contributed by atoms with E-state index in [0.717, 1.165) is 42.6 Å². The molecule has 1 aliphatic rings. The normalized spacial score (nSPS) is 17.8. The Hall–Kier alpha value is -2.21. The van der Waals surface area contributed by atoms with Gasteiger partial charge < -0.3 is 14.4 Å². The zero-order valence-corrected chi connectivity index (χ0v) is 15.4. The fourth-order valence-electron chi connectivity index (χ4n) is 2.84. The summed E-state index contributed by atoms with van der Waals surface area (Å²) < 4.78 is 11.3. The van der Waals surface area contributed by atoms with Gasteiger partial charge in [-0.25, -0.2) is 9.97 Å². The number of pyridine rings is 1. The lowest BCUT2D eigenvalue weighted by molar-refractivity contribution is 0.181. The minimum absolute atomic E-state index is 0.106. The van der Waals surface area contributed by atoms with E-state index >= 15 is 0 Å². The van der Waals surface area contributed by atoms with Crippen molar-refractivity contribution in [3.63, 3.8) is 0 Å². The van der Waals surface area contributed by atoms with Gasteiger partial charge in [0.05, 0.1) is 18.8 Å². The summed E-state index contributed by atoms with van der Waals surface area (Å²) in [5, 5.41) is 0. The van der Waals surface area contributed by atoms with Crippen LogP contribution in [0.2, 0.25) is 0 Å². The van der Waals surface area contributed by atoms with Crippen LogP contribution in [0, 0.1) is 0 Å². The molecule has 1 atom stereocenters. The monoisotopic (exact) mass is 342 g/mol. The largest absolute Gasteiger partial charge is 0.488 e. The van der Waals surface area contributed by atoms with Gasteiger partial charge in [-0.2, -0.15) is 0 Å². The smallest absolute Gasteiger partial charge is 0.136 e. The predicted molar refractivity (Wildman–Crippen MR) is 96.9 cm³/mol. The summed E-state index contributed by atoms with van der Waals surface area (Å²) in [6.45, 7) is 8.60. The van der Waals surface area contributed by atoms with Crippen LogP contribution in [0.4, 0.5) is 5.82 Å². The van der Waals surface area contributed by atoms with E-state index in [1.54, 1.807) is 19.5 Å². The van der Waals surface area contributed by atoms with Crippen molar-refractivity contribution in [3.8, 4) is 5.75 Å². The highest BCUT2D eigenvalue weighted by molar-refractivity contribution is 5.42. The second-order valence-electron chi connectivity index (χ2n) is 7.38. The van der Waals surface area contributed by atoms with E-state index in [1.807, 2.05) is 18.2 Å². The Kier molecular flexibility index (Phi) is 5.18. The first-order valence-corrected chi connectivity index (χ1v) is 8.65. The first kappa shape index (κ1) is 17.6. The van der Waals surface area contributed by atoms with E-state index < -0.39 is 0 Å². The maximum absolute atomic E-state index is 6.05. The third-order valence-corrected chi connectivity index (χ3v) is 4.15. The van der Waals surface area contributed by atoms with E-state index in [9.17, 15) is 0 Å². The number of nitrogens with zero attached hydrogens (tertiary/aromatic N) is 4. The van der Waals surface area contributed by atoms with E-state index in [-0.39, 0.29) is 11.5 Å². The molecule has 0 N–H and O–H groups in total. The van der Waals surface area contributed by atoms with Gasteiger partial charge in [0.25, 0.3) is 0 Å². The lowest BCUT2D eigenvalue weighted by Crippen LogP contribution is -2.27. The molecule has 134 valence electrons. The first-order valence-electron chi connectivity index (χ1n) is 8.65. The van der Waals surface area contributed by atoms with Crippen LogP contribution in [0.5, 0.6) is 5.75 Å². The summed E-state index contributed by atoms with van der Waals surface area (Å²) in [6.07, 6.45) is 4.62. The Labute approximate surface area is 149 Å². The van der Waals surface area contributed by atoms with E-state index in [0.29, 0.717) is 6.61 Å². The second kappa shape index (κ2) is 7.35. The summed E-state index contributed by atoms with van der Waals surface area (Å²) in [5.74, 6) is 2.66. The summed E-state index contributed by atoms with van der Waals surface area (Å²) >= 11 is 0. The molecule has 3 heterocycles. The molecule has 0 aromatic carbocycles. The lowest BCUT2D eigenvalue weighted by atomic mass is 9.95. The molecule has 0 aliphatic carbocycles. The van der Waals surface area contributed by atoms with Gasteiger partial charge in [0.15, 0.2) is 0 Å². The topological polar surface area (TPSA) is 60.4 Å². The van der Waals surface area contributed by atoms with Crippen molar-refractivity contribution in [2.24, 2.45) is 0 Å². The number of ether oxygens (including phenoxy) is 2. The fraction of sp³-hybridized carbons (Fsp3) is 0.526. The third kappa shape index (κ3) is 4.45. The van der Waals surface area contributed by atoms with Crippen LogP contribution in [0.1, 0.15) is 38.7 Å². The van der Waals surface area contributed by atoms with Gasteiger partial charge in [-0.15, -0.1) is 0 Å². The Morgan fingerprint density at radius 2 is 1.96 bits per heavy atom. The molecule has 6 heteroatoms. The quantitative estimate of drug-likeness (QED) is 0.832. The zero-order chi connectivity index (χ0) is 17.9. The third-order valence-electron chi connectivity index (χ3n) is 4.15. The molecule has 25 heavy (non-hydrogen) atoms. The highest BCUT2D eigenvalue weighted by Crippen LogP contribution is 2.26. The molecule has 2 aromatic rings. The summed E-state index contributed by atoms with van der Waals surface area (Å²) in [4.78, 5) is 15.7. The van der Waals surface area contributed by atoms with Crippen molar-refractivity contribution in [1.82, 2.24) is 15.0 Å². The first-order chi connectivity index (χ1) is 12.0. The van der Waals surface area contributed by atoms with Crippen molar-refractivity contribution in [2.75, 3.05) is 25.1 Å². The lowest BCUT2D eigenvalue weighted by Gasteiger charge is -2.23. The fourth-order valence-corrected chi connectivity index (χ4v) is 2.84. The van der Waals surface area contributed by atoms with Crippen molar-refractivity contribution in [1.29, 1.82) is 0 Å². The van der Waals surface area contributed by atoms with E-state index in [4.69, 9.17) is 14.5 Å². The van der Waals surface area contributed by atoms with Crippen LogP contribution in [-0.4, -0.2) is 41.3 Å². The molecule has 0 bridgehead atoms. The highest BCUT2D eigenvalue weighted by atomic mass is 16.5. The molecule has 1 fully saturated rings. The maximum Gasteiger partial charge on any atom is 0.136 e. The Morgan fingerprint density at radius 3 is 2.64 bits per heavy atom. The van der Waals surface area contributed by atoms with Gasteiger partial charge in [-0.05, 0) is 12.1 Å². The summed E-state index contributed by atoms with van der Waals surface area (Å²) in [7, 11) is 1.69. The molecule has 0 radical (unpaired) electrons. The van der Waals surface area contributed by atoms with Crippen molar-refractivity contribution in [3.05, 3.63) is 42.1 Å². The maximum atomic E-state index is 6.05. The SMILES string of the molecule is COCc1cc(N2CCC(Oc3ccncc3)C2)nc(C(C)(C)C)n1. The summed E-state index contributed by atoms with van der Waals surface area (Å²) in [5.41, 5.74) is 0.807. The van der Waals surface area contributed by atoms with Crippen LogP contribution in [0.3, 0.4) is 0 Å². The molecular formula is C19H26N4O2. The Bertz CT molecular complexity index is 700. The molecular weight excluding hydrogens is 316 g/mol. The molecule has 0 amide bonds. The van der Waals surface area contributed by atoms with Crippen LogP contribution < -0.4 is 9.64 Å². The van der Waals surface area contributed by atoms with Crippen LogP contribution in [0.25, 0.3) is 0 Å². The number of aromatic nitrogens is 3. The van der Waals surface area contributed by atoms with Crippen LogP contribution in [-0.2, 0) is 16.8 Å². The zero-order valence-electron chi connectivity index (χ0n) is 15.4. The van der Waals surface area contributed by atoms with E-state index in [2.05, 4.69) is 35.6 Å². The van der Waals surface area contributed by atoms with Gasteiger partial charge in [0, 0.05) is 44.0 Å².